The predicted octanol–water partition coefficient (Wildman–Crippen LogP) is 4.53. The van der Waals surface area contributed by atoms with Crippen LogP contribution in [0.4, 0.5) is 5.69 Å². The molecule has 1 saturated heterocycles. The highest BCUT2D eigenvalue weighted by atomic mass is 32.2. The van der Waals surface area contributed by atoms with Crippen LogP contribution in [0, 0.1) is 16.7 Å². The Kier molecular flexibility index (Phi) is 3.28. The van der Waals surface area contributed by atoms with Gasteiger partial charge in [-0.15, -0.1) is 11.8 Å². The van der Waals surface area contributed by atoms with Gasteiger partial charge in [0.2, 0.25) is 0 Å². The molecule has 0 saturated carbocycles. The minimum absolute atomic E-state index is 0.100. The summed E-state index contributed by atoms with van der Waals surface area (Å²) in [5, 5.41) is 10.1. The number of anilines is 1. The lowest BCUT2D eigenvalue weighted by atomic mass is 9.81. The van der Waals surface area contributed by atoms with E-state index in [-0.39, 0.29) is 11.4 Å². The van der Waals surface area contributed by atoms with Crippen LogP contribution in [0.3, 0.4) is 0 Å². The molecule has 0 aliphatic carbocycles. The molecule has 4 heteroatoms. The molecule has 0 radical (unpaired) electrons. The summed E-state index contributed by atoms with van der Waals surface area (Å²) in [6.07, 6.45) is 0. The molecule has 3 nitrogen and oxygen atoms in total. The zero-order valence-electron chi connectivity index (χ0n) is 13.2. The molecule has 2 aromatic carbocycles. The Bertz CT molecular complexity index is 783. The summed E-state index contributed by atoms with van der Waals surface area (Å²) >= 11 is 1.86. The standard InChI is InChI=1S/C19H18N2OS/c1-19(11-20)12-23-18-16-6-4-3-5-15(16)17(19)21(18)13-7-9-14(22-2)10-8-13/h3-10,17-18H,12H2,1-2H3. The third-order valence-corrected chi connectivity index (χ3v) is 6.42. The Hall–Kier alpha value is -2.12. The average Bonchev–Trinajstić information content (AvgIpc) is 2.88. The highest BCUT2D eigenvalue weighted by Gasteiger charge is 2.53. The van der Waals surface area contributed by atoms with Crippen LogP contribution >= 0.6 is 11.8 Å². The van der Waals surface area contributed by atoms with Gasteiger partial charge < -0.3 is 9.64 Å². The predicted molar refractivity (Wildman–Crippen MR) is 93.6 cm³/mol. The fourth-order valence-corrected chi connectivity index (χ4v) is 5.23. The molecule has 2 heterocycles. The zero-order valence-corrected chi connectivity index (χ0v) is 14.0. The lowest BCUT2D eigenvalue weighted by Crippen LogP contribution is -2.41. The van der Waals surface area contributed by atoms with E-state index in [9.17, 15) is 5.26 Å². The first-order chi connectivity index (χ1) is 11.2. The van der Waals surface area contributed by atoms with Crippen molar-refractivity contribution < 1.29 is 4.74 Å². The number of hydrogen-bond acceptors (Lipinski definition) is 4. The number of thioether (sulfide) groups is 1. The summed E-state index contributed by atoms with van der Waals surface area (Å²) in [7, 11) is 1.68. The Morgan fingerprint density at radius 3 is 2.52 bits per heavy atom. The van der Waals surface area contributed by atoms with Crippen molar-refractivity contribution in [2.45, 2.75) is 18.3 Å². The van der Waals surface area contributed by atoms with Crippen LogP contribution in [0.5, 0.6) is 5.75 Å². The second kappa shape index (κ2) is 5.21. The van der Waals surface area contributed by atoms with E-state index >= 15 is 0 Å². The molecule has 0 spiro atoms. The molecule has 1 fully saturated rings. The molecule has 4 rings (SSSR count). The molecule has 2 aromatic rings. The van der Waals surface area contributed by atoms with Crippen molar-refractivity contribution in [2.75, 3.05) is 17.8 Å². The lowest BCUT2D eigenvalue weighted by molar-refractivity contribution is 0.378. The van der Waals surface area contributed by atoms with Gasteiger partial charge in [-0.05, 0) is 42.3 Å². The number of hydrogen-bond donors (Lipinski definition) is 0. The first-order valence-electron chi connectivity index (χ1n) is 7.72. The molecule has 23 heavy (non-hydrogen) atoms. The average molecular weight is 322 g/mol. The highest BCUT2D eigenvalue weighted by Crippen LogP contribution is 2.61. The van der Waals surface area contributed by atoms with Gasteiger partial charge in [-0.1, -0.05) is 24.3 Å². The van der Waals surface area contributed by atoms with Crippen molar-refractivity contribution in [3.05, 3.63) is 59.7 Å². The molecular formula is C19H18N2OS. The van der Waals surface area contributed by atoms with E-state index in [2.05, 4.69) is 54.3 Å². The van der Waals surface area contributed by atoms with Crippen LogP contribution in [0.2, 0.25) is 0 Å². The van der Waals surface area contributed by atoms with E-state index in [1.165, 1.54) is 11.1 Å². The van der Waals surface area contributed by atoms with Crippen LogP contribution in [-0.2, 0) is 0 Å². The quantitative estimate of drug-likeness (QED) is 0.814. The lowest BCUT2D eigenvalue weighted by Gasteiger charge is -2.44. The summed E-state index contributed by atoms with van der Waals surface area (Å²) in [4.78, 5) is 2.40. The summed E-state index contributed by atoms with van der Waals surface area (Å²) in [5.41, 5.74) is 3.39. The SMILES string of the molecule is COc1ccc(N2C3SCC(C)(C#N)C2c2ccccc23)cc1. The van der Waals surface area contributed by atoms with Crippen LogP contribution < -0.4 is 9.64 Å². The maximum Gasteiger partial charge on any atom is 0.119 e. The topological polar surface area (TPSA) is 36.3 Å². The van der Waals surface area contributed by atoms with Crippen LogP contribution in [0.25, 0.3) is 0 Å². The van der Waals surface area contributed by atoms with Gasteiger partial charge in [0, 0.05) is 11.4 Å². The van der Waals surface area contributed by atoms with E-state index in [1.54, 1.807) is 7.11 Å². The minimum Gasteiger partial charge on any atom is -0.497 e. The Labute approximate surface area is 140 Å². The van der Waals surface area contributed by atoms with Gasteiger partial charge in [-0.25, -0.2) is 0 Å². The summed E-state index contributed by atoms with van der Waals surface area (Å²) < 4.78 is 5.27. The summed E-state index contributed by atoms with van der Waals surface area (Å²) in [6, 6.07) is 19.4. The molecule has 3 atom stereocenters. The molecule has 2 aliphatic heterocycles. The van der Waals surface area contributed by atoms with Crippen LogP contribution in [0.1, 0.15) is 29.5 Å². The largest absolute Gasteiger partial charge is 0.497 e. The van der Waals surface area contributed by atoms with Gasteiger partial charge in [0.1, 0.15) is 11.1 Å². The number of benzene rings is 2. The Morgan fingerprint density at radius 1 is 1.17 bits per heavy atom. The molecule has 0 N–H and O–H groups in total. The molecular weight excluding hydrogens is 304 g/mol. The highest BCUT2D eigenvalue weighted by molar-refractivity contribution is 7.99. The minimum atomic E-state index is -0.395. The second-order valence-electron chi connectivity index (χ2n) is 6.33. The first kappa shape index (κ1) is 14.5. The molecule has 3 unspecified atom stereocenters. The van der Waals surface area contributed by atoms with Gasteiger partial charge in [-0.3, -0.25) is 0 Å². The van der Waals surface area contributed by atoms with Crippen molar-refractivity contribution in [1.29, 1.82) is 5.26 Å². The third-order valence-electron chi connectivity index (χ3n) is 4.86. The summed E-state index contributed by atoms with van der Waals surface area (Å²) in [5.74, 6) is 1.71. The molecule has 2 bridgehead atoms. The fraction of sp³-hybridized carbons (Fsp3) is 0.316. The number of nitriles is 1. The molecule has 0 aromatic heterocycles. The number of nitrogens with zero attached hydrogens (tertiary/aromatic N) is 2. The number of methoxy groups -OCH3 is 1. The van der Waals surface area contributed by atoms with E-state index in [1.807, 2.05) is 23.9 Å². The second-order valence-corrected chi connectivity index (χ2v) is 7.40. The van der Waals surface area contributed by atoms with Crippen molar-refractivity contribution in [3.63, 3.8) is 0 Å². The van der Waals surface area contributed by atoms with Crippen molar-refractivity contribution in [1.82, 2.24) is 0 Å². The number of fused-ring (bicyclic) bond motifs is 5. The molecule has 2 aliphatic rings. The maximum atomic E-state index is 9.83. The Morgan fingerprint density at radius 2 is 1.87 bits per heavy atom. The van der Waals surface area contributed by atoms with E-state index in [4.69, 9.17) is 4.74 Å². The smallest absolute Gasteiger partial charge is 0.119 e. The van der Waals surface area contributed by atoms with E-state index < -0.39 is 5.41 Å². The first-order valence-corrected chi connectivity index (χ1v) is 8.77. The van der Waals surface area contributed by atoms with Gasteiger partial charge in [0.25, 0.3) is 0 Å². The van der Waals surface area contributed by atoms with Gasteiger partial charge in [0.15, 0.2) is 0 Å². The monoisotopic (exact) mass is 322 g/mol. The third kappa shape index (κ3) is 2.04. The Balaban J connectivity index is 1.86. The van der Waals surface area contributed by atoms with Gasteiger partial charge in [0.05, 0.1) is 24.6 Å². The zero-order chi connectivity index (χ0) is 16.0. The van der Waals surface area contributed by atoms with Crippen molar-refractivity contribution in [3.8, 4) is 11.8 Å². The normalized spacial score (nSPS) is 28.1. The fourth-order valence-electron chi connectivity index (χ4n) is 3.70. The van der Waals surface area contributed by atoms with E-state index in [0.717, 1.165) is 17.2 Å². The van der Waals surface area contributed by atoms with Crippen LogP contribution in [0.15, 0.2) is 48.5 Å². The van der Waals surface area contributed by atoms with E-state index in [0.29, 0.717) is 0 Å². The number of ether oxygens (including phenoxy) is 1. The number of rotatable bonds is 2. The van der Waals surface area contributed by atoms with Crippen LogP contribution in [-0.4, -0.2) is 12.9 Å². The summed E-state index contributed by atoms with van der Waals surface area (Å²) in [6.45, 7) is 2.08. The molecule has 116 valence electrons. The van der Waals surface area contributed by atoms with Crippen molar-refractivity contribution >= 4 is 17.4 Å². The van der Waals surface area contributed by atoms with Gasteiger partial charge >= 0.3 is 0 Å². The van der Waals surface area contributed by atoms with Gasteiger partial charge in [-0.2, -0.15) is 5.26 Å². The molecule has 0 amide bonds. The maximum absolute atomic E-state index is 9.83. The van der Waals surface area contributed by atoms with Crippen molar-refractivity contribution in [2.24, 2.45) is 5.41 Å².